The molecule has 0 heterocycles. The first-order valence-electron chi connectivity index (χ1n) is 4.15. The average Bonchev–Trinajstić information content (AvgIpc) is 1.98. The van der Waals surface area contributed by atoms with E-state index in [0.717, 1.165) is 0 Å². The SMILES string of the molecule is CC(CNC(=O)[C@@H](C)N)N(C)C. The number of rotatable bonds is 4. The molecule has 72 valence electrons. The van der Waals surface area contributed by atoms with Crippen LogP contribution in [0.5, 0.6) is 0 Å². The fourth-order valence-corrected chi connectivity index (χ4v) is 0.592. The molecule has 0 radical (unpaired) electrons. The normalized spacial score (nSPS) is 15.8. The lowest BCUT2D eigenvalue weighted by Gasteiger charge is -2.20. The Labute approximate surface area is 74.1 Å². The predicted octanol–water partition coefficient (Wildman–Crippen LogP) is -0.600. The van der Waals surface area contributed by atoms with Crippen LogP contribution in [0, 0.1) is 0 Å². The summed E-state index contributed by atoms with van der Waals surface area (Å²) in [5.41, 5.74) is 5.37. The van der Waals surface area contributed by atoms with E-state index < -0.39 is 6.04 Å². The third-order valence-corrected chi connectivity index (χ3v) is 1.87. The third kappa shape index (κ3) is 4.31. The van der Waals surface area contributed by atoms with Crippen LogP contribution in [0.2, 0.25) is 0 Å². The summed E-state index contributed by atoms with van der Waals surface area (Å²) in [5, 5.41) is 2.76. The molecule has 12 heavy (non-hydrogen) atoms. The molecule has 3 N–H and O–H groups in total. The van der Waals surface area contributed by atoms with Crippen molar-refractivity contribution in [2.75, 3.05) is 20.6 Å². The molecule has 2 atom stereocenters. The standard InChI is InChI=1S/C8H19N3O/c1-6(11(3)4)5-10-8(12)7(2)9/h6-7H,5,9H2,1-4H3,(H,10,12)/t6?,7-/m1/s1. The van der Waals surface area contributed by atoms with Gasteiger partial charge in [0.1, 0.15) is 0 Å². The van der Waals surface area contributed by atoms with Crippen molar-refractivity contribution in [3.63, 3.8) is 0 Å². The van der Waals surface area contributed by atoms with Crippen LogP contribution in [0.25, 0.3) is 0 Å². The molecule has 0 aromatic heterocycles. The van der Waals surface area contributed by atoms with Crippen molar-refractivity contribution in [2.45, 2.75) is 25.9 Å². The highest BCUT2D eigenvalue weighted by Crippen LogP contribution is 1.88. The molecule has 0 fully saturated rings. The Morgan fingerprint density at radius 1 is 1.50 bits per heavy atom. The van der Waals surface area contributed by atoms with Crippen LogP contribution in [-0.2, 0) is 4.79 Å². The van der Waals surface area contributed by atoms with Crippen molar-refractivity contribution >= 4 is 5.91 Å². The summed E-state index contributed by atoms with van der Waals surface area (Å²) in [6.45, 7) is 4.37. The molecule has 4 nitrogen and oxygen atoms in total. The summed E-state index contributed by atoms with van der Waals surface area (Å²) in [4.78, 5) is 13.1. The maximum Gasteiger partial charge on any atom is 0.236 e. The second-order valence-corrected chi connectivity index (χ2v) is 3.35. The molecule has 0 saturated heterocycles. The largest absolute Gasteiger partial charge is 0.353 e. The molecule has 0 spiro atoms. The van der Waals surface area contributed by atoms with Crippen molar-refractivity contribution in [1.29, 1.82) is 0 Å². The van der Waals surface area contributed by atoms with Crippen LogP contribution >= 0.6 is 0 Å². The first kappa shape index (κ1) is 11.4. The van der Waals surface area contributed by atoms with Gasteiger partial charge in [0, 0.05) is 12.6 Å². The Hall–Kier alpha value is -0.610. The lowest BCUT2D eigenvalue weighted by atomic mass is 10.3. The van der Waals surface area contributed by atoms with E-state index in [2.05, 4.69) is 5.32 Å². The van der Waals surface area contributed by atoms with Crippen molar-refractivity contribution in [3.8, 4) is 0 Å². The van der Waals surface area contributed by atoms with Crippen molar-refractivity contribution in [3.05, 3.63) is 0 Å². The van der Waals surface area contributed by atoms with E-state index >= 15 is 0 Å². The van der Waals surface area contributed by atoms with Crippen molar-refractivity contribution in [1.82, 2.24) is 10.2 Å². The lowest BCUT2D eigenvalue weighted by molar-refractivity contribution is -0.122. The topological polar surface area (TPSA) is 58.4 Å². The Morgan fingerprint density at radius 3 is 2.33 bits per heavy atom. The van der Waals surface area contributed by atoms with Crippen LogP contribution in [0.4, 0.5) is 0 Å². The molecule has 1 amide bonds. The van der Waals surface area contributed by atoms with Crippen LogP contribution in [0.15, 0.2) is 0 Å². The molecule has 0 bridgehead atoms. The van der Waals surface area contributed by atoms with Gasteiger partial charge in [0.25, 0.3) is 0 Å². The Balaban J connectivity index is 3.61. The zero-order valence-electron chi connectivity index (χ0n) is 8.29. The number of carbonyl (C=O) groups is 1. The molecule has 0 aliphatic heterocycles. The Kier molecular flexibility index (Phi) is 4.85. The van der Waals surface area contributed by atoms with Crippen LogP contribution in [0.1, 0.15) is 13.8 Å². The minimum absolute atomic E-state index is 0.0938. The molecule has 0 aromatic rings. The summed E-state index contributed by atoms with van der Waals surface area (Å²) in [5.74, 6) is -0.0938. The molecular weight excluding hydrogens is 154 g/mol. The van der Waals surface area contributed by atoms with Gasteiger partial charge in [0.15, 0.2) is 0 Å². The summed E-state index contributed by atoms with van der Waals surface area (Å²) in [6, 6.07) is -0.0768. The van der Waals surface area contributed by atoms with Gasteiger partial charge in [-0.1, -0.05) is 0 Å². The van der Waals surface area contributed by atoms with Gasteiger partial charge in [-0.15, -0.1) is 0 Å². The highest BCUT2D eigenvalue weighted by molar-refractivity contribution is 5.80. The summed E-state index contributed by atoms with van der Waals surface area (Å²) >= 11 is 0. The van der Waals surface area contributed by atoms with Crippen molar-refractivity contribution < 1.29 is 4.79 Å². The van der Waals surface area contributed by atoms with Gasteiger partial charge in [0.2, 0.25) is 5.91 Å². The molecule has 0 aliphatic rings. The molecule has 0 aliphatic carbocycles. The third-order valence-electron chi connectivity index (χ3n) is 1.87. The number of hydrogen-bond donors (Lipinski definition) is 2. The summed E-state index contributed by atoms with van der Waals surface area (Å²) < 4.78 is 0. The van der Waals surface area contributed by atoms with Gasteiger partial charge in [-0.05, 0) is 27.9 Å². The van der Waals surface area contributed by atoms with Gasteiger partial charge in [-0.2, -0.15) is 0 Å². The molecular formula is C8H19N3O. The van der Waals surface area contributed by atoms with Gasteiger partial charge in [0.05, 0.1) is 6.04 Å². The molecule has 0 aromatic carbocycles. The first-order chi connectivity index (χ1) is 5.45. The fourth-order valence-electron chi connectivity index (χ4n) is 0.592. The number of nitrogens with zero attached hydrogens (tertiary/aromatic N) is 1. The Morgan fingerprint density at radius 2 is 2.00 bits per heavy atom. The molecule has 4 heteroatoms. The van der Waals surface area contributed by atoms with Crippen LogP contribution in [-0.4, -0.2) is 43.5 Å². The minimum Gasteiger partial charge on any atom is -0.353 e. The second-order valence-electron chi connectivity index (χ2n) is 3.35. The van der Waals surface area contributed by atoms with E-state index in [1.54, 1.807) is 6.92 Å². The number of amides is 1. The predicted molar refractivity (Wildman–Crippen MR) is 49.8 cm³/mol. The number of likely N-dealkylation sites (N-methyl/N-ethyl adjacent to an activating group) is 1. The molecule has 0 saturated carbocycles. The smallest absolute Gasteiger partial charge is 0.236 e. The Bertz CT molecular complexity index is 145. The van der Waals surface area contributed by atoms with Crippen LogP contribution < -0.4 is 11.1 Å². The first-order valence-corrected chi connectivity index (χ1v) is 4.15. The van der Waals surface area contributed by atoms with E-state index in [4.69, 9.17) is 5.73 Å². The number of nitrogens with two attached hydrogens (primary N) is 1. The zero-order valence-corrected chi connectivity index (χ0v) is 8.29. The number of hydrogen-bond acceptors (Lipinski definition) is 3. The number of carbonyl (C=O) groups excluding carboxylic acids is 1. The monoisotopic (exact) mass is 173 g/mol. The van der Waals surface area contributed by atoms with E-state index in [-0.39, 0.29) is 5.91 Å². The summed E-state index contributed by atoms with van der Waals surface area (Å²) in [7, 11) is 3.95. The van der Waals surface area contributed by atoms with E-state index in [9.17, 15) is 4.79 Å². The fraction of sp³-hybridized carbons (Fsp3) is 0.875. The number of nitrogens with one attached hydrogen (secondary N) is 1. The quantitative estimate of drug-likeness (QED) is 0.597. The highest BCUT2D eigenvalue weighted by atomic mass is 16.2. The van der Waals surface area contributed by atoms with Crippen molar-refractivity contribution in [2.24, 2.45) is 5.73 Å². The second kappa shape index (κ2) is 5.11. The average molecular weight is 173 g/mol. The minimum atomic E-state index is -0.417. The van der Waals surface area contributed by atoms with E-state index in [0.29, 0.717) is 12.6 Å². The van der Waals surface area contributed by atoms with E-state index in [1.165, 1.54) is 0 Å². The van der Waals surface area contributed by atoms with Gasteiger partial charge < -0.3 is 16.0 Å². The van der Waals surface area contributed by atoms with Gasteiger partial charge in [-0.3, -0.25) is 4.79 Å². The van der Waals surface area contributed by atoms with Gasteiger partial charge in [-0.25, -0.2) is 0 Å². The van der Waals surface area contributed by atoms with E-state index in [1.807, 2.05) is 25.9 Å². The zero-order chi connectivity index (χ0) is 9.72. The lowest BCUT2D eigenvalue weighted by Crippen LogP contribution is -2.44. The summed E-state index contributed by atoms with van der Waals surface area (Å²) in [6.07, 6.45) is 0. The van der Waals surface area contributed by atoms with Crippen LogP contribution in [0.3, 0.4) is 0 Å². The molecule has 1 unspecified atom stereocenters. The maximum atomic E-state index is 11.0. The highest BCUT2D eigenvalue weighted by Gasteiger charge is 2.09. The maximum absolute atomic E-state index is 11.0. The van der Waals surface area contributed by atoms with Gasteiger partial charge >= 0.3 is 0 Å². The molecule has 0 rings (SSSR count).